The molecule has 3 aromatic rings. The van der Waals surface area contributed by atoms with E-state index < -0.39 is 7.92 Å². The van der Waals surface area contributed by atoms with Gasteiger partial charge in [0.2, 0.25) is 0 Å². The molecule has 2 aromatic carbocycles. The number of anilines is 1. The van der Waals surface area contributed by atoms with Gasteiger partial charge in [-0.15, -0.1) is 12.6 Å². The fraction of sp³-hybridized carbons (Fsp3) is 0.333. The first-order valence-electron chi connectivity index (χ1n) is 12.1. The van der Waals surface area contributed by atoms with Crippen molar-refractivity contribution >= 4 is 44.6 Å². The monoisotopic (exact) mass is 573 g/mol. The van der Waals surface area contributed by atoms with Crippen molar-refractivity contribution in [2.45, 2.75) is 44.4 Å². The Kier molecular flexibility index (Phi) is 18.9. The molecule has 205 valence electrons. The van der Waals surface area contributed by atoms with Gasteiger partial charge < -0.3 is 24.6 Å². The molecule has 38 heavy (non-hydrogen) atoms. The van der Waals surface area contributed by atoms with Gasteiger partial charge in [0.25, 0.3) is 0 Å². The van der Waals surface area contributed by atoms with Gasteiger partial charge in [-0.25, -0.2) is 0 Å². The second kappa shape index (κ2) is 20.3. The van der Waals surface area contributed by atoms with E-state index in [0.29, 0.717) is 18.5 Å². The number of hydrogen-bond donors (Lipinski definition) is 0. The van der Waals surface area contributed by atoms with E-state index in [9.17, 15) is 0 Å². The van der Waals surface area contributed by atoms with Crippen LogP contribution < -0.4 is 15.5 Å². The number of rotatable bonds is 8. The van der Waals surface area contributed by atoms with Crippen LogP contribution in [0.15, 0.2) is 79.0 Å². The molecule has 1 heterocycles. The first-order chi connectivity index (χ1) is 18.1. The number of carbonyl (C=O) groups excluding carboxylic acids is 3. The maximum absolute atomic E-state index is 7.75. The number of benzene rings is 2. The SMILES string of the molecule is C[C@H]([N-]Cc1cc(N(C)C)ccn1)C1CCCC1[PH+](c1ccccc1)c1ccccc1.[CH-]=O.[CH-]=O.[CH-]=O.[Mn]. The van der Waals surface area contributed by atoms with Crippen LogP contribution >= 0.6 is 7.92 Å². The fourth-order valence-corrected chi connectivity index (χ4v) is 8.62. The molecule has 6 nitrogen and oxygen atoms in total. The third-order valence-corrected chi connectivity index (χ3v) is 9.96. The normalized spacial score (nSPS) is 16.2. The minimum atomic E-state index is -0.852. The quantitative estimate of drug-likeness (QED) is 0.170. The molecule has 2 unspecified atom stereocenters. The zero-order chi connectivity index (χ0) is 27.6. The van der Waals surface area contributed by atoms with Crippen LogP contribution in [0.4, 0.5) is 5.69 Å². The summed E-state index contributed by atoms with van der Waals surface area (Å²) in [5, 5.41) is 8.19. The molecule has 0 spiro atoms. The number of nitrogens with zero attached hydrogens (tertiary/aromatic N) is 3. The third-order valence-electron chi connectivity index (χ3n) is 6.59. The minimum Gasteiger partial charge on any atom is -0.654 e. The van der Waals surface area contributed by atoms with Crippen LogP contribution in [-0.2, 0) is 38.0 Å². The maximum Gasteiger partial charge on any atom is 0.0970 e. The van der Waals surface area contributed by atoms with Gasteiger partial charge in [0.15, 0.2) is 0 Å². The molecular weight excluding hydrogens is 536 g/mol. The summed E-state index contributed by atoms with van der Waals surface area (Å²) in [7, 11) is 3.28. The zero-order valence-electron chi connectivity index (χ0n) is 22.2. The molecular formula is C30H37MnN3O3P-3. The third kappa shape index (κ3) is 10.2. The number of hydrogen-bond acceptors (Lipinski definition) is 5. The van der Waals surface area contributed by atoms with Crippen LogP contribution in [0.1, 0.15) is 31.9 Å². The predicted molar refractivity (Wildman–Crippen MR) is 157 cm³/mol. The Balaban J connectivity index is 0.00000183. The van der Waals surface area contributed by atoms with Gasteiger partial charge in [-0.05, 0) is 61.6 Å². The van der Waals surface area contributed by atoms with Gasteiger partial charge in [-0.1, -0.05) is 43.3 Å². The van der Waals surface area contributed by atoms with E-state index in [1.165, 1.54) is 35.6 Å². The van der Waals surface area contributed by atoms with Crippen LogP contribution in [0, 0.1) is 5.92 Å². The summed E-state index contributed by atoms with van der Waals surface area (Å²) >= 11 is 0. The number of pyridine rings is 1. The molecule has 0 N–H and O–H groups in total. The molecule has 4 rings (SSSR count). The Bertz CT molecular complexity index is 970. The van der Waals surface area contributed by atoms with Crippen LogP contribution in [0.2, 0.25) is 0 Å². The summed E-state index contributed by atoms with van der Waals surface area (Å²) in [5.41, 5.74) is 2.96. The van der Waals surface area contributed by atoms with Crippen molar-refractivity contribution in [2.24, 2.45) is 5.92 Å². The summed E-state index contributed by atoms with van der Waals surface area (Å²) in [5.74, 6) is 0.645. The van der Waals surface area contributed by atoms with Gasteiger partial charge >= 0.3 is 0 Å². The molecule has 0 bridgehead atoms. The van der Waals surface area contributed by atoms with E-state index in [2.05, 4.69) is 118 Å². The minimum absolute atomic E-state index is 0. The van der Waals surface area contributed by atoms with E-state index in [0.717, 1.165) is 11.4 Å². The van der Waals surface area contributed by atoms with Crippen molar-refractivity contribution in [1.29, 1.82) is 0 Å². The molecule has 1 saturated carbocycles. The molecule has 1 aliphatic carbocycles. The average molecular weight is 574 g/mol. The van der Waals surface area contributed by atoms with Crippen LogP contribution in [0.5, 0.6) is 0 Å². The van der Waals surface area contributed by atoms with Crippen molar-refractivity contribution in [2.75, 3.05) is 19.0 Å². The van der Waals surface area contributed by atoms with E-state index >= 15 is 0 Å². The predicted octanol–water partition coefficient (Wildman–Crippen LogP) is 4.62. The second-order valence-corrected chi connectivity index (χ2v) is 11.6. The van der Waals surface area contributed by atoms with Crippen molar-refractivity contribution < 1.29 is 31.5 Å². The summed E-state index contributed by atoms with van der Waals surface area (Å²) < 4.78 is 0. The van der Waals surface area contributed by atoms with Gasteiger partial charge in [0.05, 0.1) is 24.2 Å². The molecule has 0 aliphatic heterocycles. The van der Waals surface area contributed by atoms with Crippen molar-refractivity contribution in [3.05, 3.63) is 90.0 Å². The van der Waals surface area contributed by atoms with E-state index in [1.807, 2.05) is 12.3 Å². The molecule has 1 aliphatic rings. The second-order valence-electron chi connectivity index (χ2n) is 8.83. The van der Waals surface area contributed by atoms with Gasteiger partial charge in [0, 0.05) is 48.7 Å². The summed E-state index contributed by atoms with van der Waals surface area (Å²) in [4.78, 5) is 29.9. The standard InChI is InChI=1S/C27H33N3P.3CHO.Mn/c1-21(29-20-22-19-23(30(2)3)17-18-28-22)26-15-10-16-27(26)31(24-11-6-4-7-12-24)25-13-8-5-9-14-25;3*1-2;/h4-9,11-14,17-19,21,26-27H,10,15-16,20H2,1-3H3;3*1H;/q4*-1;/p+1/t21-,26?,27?;;;;/m0..../s1. The van der Waals surface area contributed by atoms with Gasteiger partial charge in [-0.2, -0.15) is 0 Å². The van der Waals surface area contributed by atoms with Crippen LogP contribution in [-0.4, -0.2) is 51.1 Å². The summed E-state index contributed by atoms with van der Waals surface area (Å²) in [6.07, 6.45) is 5.82. The van der Waals surface area contributed by atoms with E-state index in [-0.39, 0.29) is 17.1 Å². The Morgan fingerprint density at radius 1 is 0.895 bits per heavy atom. The van der Waals surface area contributed by atoms with E-state index in [1.54, 1.807) is 0 Å². The molecule has 1 radical (unpaired) electrons. The fourth-order valence-electron chi connectivity index (χ4n) is 4.96. The van der Waals surface area contributed by atoms with Crippen molar-refractivity contribution in [1.82, 2.24) is 4.98 Å². The van der Waals surface area contributed by atoms with Gasteiger partial charge in [0.1, 0.15) is 0 Å². The average Bonchev–Trinajstić information content (AvgIpc) is 3.46. The Morgan fingerprint density at radius 2 is 1.42 bits per heavy atom. The molecule has 8 heteroatoms. The zero-order valence-corrected chi connectivity index (χ0v) is 24.4. The summed E-state index contributed by atoms with van der Waals surface area (Å²) in [6, 6.07) is 27.0. The molecule has 3 atom stereocenters. The molecule has 0 saturated heterocycles. The Morgan fingerprint density at radius 3 is 1.92 bits per heavy atom. The summed E-state index contributed by atoms with van der Waals surface area (Å²) in [6.45, 7) is 12.8. The van der Waals surface area contributed by atoms with Crippen LogP contribution in [0.25, 0.3) is 5.32 Å². The Labute approximate surface area is 239 Å². The molecule has 0 amide bonds. The topological polar surface area (TPSA) is 81.4 Å². The van der Waals surface area contributed by atoms with Crippen molar-refractivity contribution in [3.63, 3.8) is 0 Å². The van der Waals surface area contributed by atoms with Crippen LogP contribution in [0.3, 0.4) is 0 Å². The largest absolute Gasteiger partial charge is 0.654 e. The molecule has 1 fully saturated rings. The smallest absolute Gasteiger partial charge is 0.0970 e. The maximum atomic E-state index is 7.75. The molecule has 1 aromatic heterocycles. The van der Waals surface area contributed by atoms with Gasteiger partial charge in [-0.3, -0.25) is 25.4 Å². The van der Waals surface area contributed by atoms with Crippen molar-refractivity contribution in [3.8, 4) is 0 Å². The number of aromatic nitrogens is 1. The van der Waals surface area contributed by atoms with E-state index in [4.69, 9.17) is 19.7 Å². The first kappa shape index (κ1) is 35.3. The Hall–Kier alpha value is -2.69. The first-order valence-corrected chi connectivity index (χ1v) is 13.7.